The number of hydrogen-bond acceptors (Lipinski definition) is 5. The van der Waals surface area contributed by atoms with E-state index >= 15 is 0 Å². The zero-order valence-electron chi connectivity index (χ0n) is 13.2. The first-order valence-electron chi connectivity index (χ1n) is 7.29. The molecule has 0 aliphatic carbocycles. The molecule has 1 aliphatic heterocycles. The van der Waals surface area contributed by atoms with Crippen molar-refractivity contribution in [2.45, 2.75) is 51.7 Å². The lowest BCUT2D eigenvalue weighted by Crippen LogP contribution is -2.41. The van der Waals surface area contributed by atoms with Crippen molar-refractivity contribution >= 4 is 6.09 Å². The van der Waals surface area contributed by atoms with Crippen molar-refractivity contribution < 1.29 is 14.6 Å². The van der Waals surface area contributed by atoms with Gasteiger partial charge in [0.25, 0.3) is 0 Å². The van der Waals surface area contributed by atoms with Crippen molar-refractivity contribution in [1.82, 2.24) is 19.9 Å². The second-order valence-corrected chi connectivity index (χ2v) is 6.44. The molecule has 7 heteroatoms. The van der Waals surface area contributed by atoms with Crippen LogP contribution >= 0.6 is 0 Å². The zero-order chi connectivity index (χ0) is 15.6. The van der Waals surface area contributed by atoms with Gasteiger partial charge < -0.3 is 14.7 Å². The molecule has 0 bridgehead atoms. The van der Waals surface area contributed by atoms with E-state index in [0.717, 1.165) is 18.5 Å². The summed E-state index contributed by atoms with van der Waals surface area (Å²) in [6, 6.07) is 0. The summed E-state index contributed by atoms with van der Waals surface area (Å²) in [7, 11) is 1.84. The maximum Gasteiger partial charge on any atom is 0.410 e. The molecule has 1 N–H and O–H groups in total. The van der Waals surface area contributed by atoms with Gasteiger partial charge in [0.2, 0.25) is 0 Å². The van der Waals surface area contributed by atoms with Crippen LogP contribution in [-0.4, -0.2) is 49.8 Å². The third-order valence-electron chi connectivity index (χ3n) is 3.63. The van der Waals surface area contributed by atoms with E-state index in [-0.39, 0.29) is 18.6 Å². The lowest BCUT2D eigenvalue weighted by atomic mass is 9.92. The molecular formula is C14H24N4O3. The first-order valence-corrected chi connectivity index (χ1v) is 7.29. The van der Waals surface area contributed by atoms with Gasteiger partial charge in [-0.25, -0.2) is 4.79 Å². The van der Waals surface area contributed by atoms with Crippen LogP contribution in [0.15, 0.2) is 0 Å². The van der Waals surface area contributed by atoms with Crippen molar-refractivity contribution in [1.29, 1.82) is 0 Å². The molecule has 1 fully saturated rings. The Balaban J connectivity index is 1.97. The van der Waals surface area contributed by atoms with Crippen LogP contribution in [-0.2, 0) is 18.4 Å². The topological polar surface area (TPSA) is 80.5 Å². The highest BCUT2D eigenvalue weighted by atomic mass is 16.6. The zero-order valence-corrected chi connectivity index (χ0v) is 13.2. The molecule has 1 amide bonds. The summed E-state index contributed by atoms with van der Waals surface area (Å²) >= 11 is 0. The van der Waals surface area contributed by atoms with Gasteiger partial charge in [0, 0.05) is 26.1 Å². The molecule has 7 nitrogen and oxygen atoms in total. The molecule has 0 saturated carbocycles. The summed E-state index contributed by atoms with van der Waals surface area (Å²) in [5, 5.41) is 17.3. The lowest BCUT2D eigenvalue weighted by Gasteiger charge is -2.33. The van der Waals surface area contributed by atoms with Gasteiger partial charge in [-0.3, -0.25) is 4.68 Å². The largest absolute Gasteiger partial charge is 0.444 e. The summed E-state index contributed by atoms with van der Waals surface area (Å²) < 4.78 is 7.11. The number of aryl methyl sites for hydroxylation is 1. The fraction of sp³-hybridized carbons (Fsp3) is 0.786. The van der Waals surface area contributed by atoms with E-state index < -0.39 is 5.60 Å². The number of likely N-dealkylation sites (tertiary alicyclic amines) is 1. The van der Waals surface area contributed by atoms with E-state index in [1.165, 1.54) is 0 Å². The molecule has 1 aliphatic rings. The minimum absolute atomic E-state index is 0.102. The number of ether oxygens (including phenoxy) is 1. The van der Waals surface area contributed by atoms with Crippen LogP contribution in [0, 0.1) is 0 Å². The molecule has 118 valence electrons. The average molecular weight is 296 g/mol. The minimum atomic E-state index is -0.468. The summed E-state index contributed by atoms with van der Waals surface area (Å²) in [5.41, 5.74) is 1.14. The van der Waals surface area contributed by atoms with Gasteiger partial charge >= 0.3 is 6.09 Å². The van der Waals surface area contributed by atoms with Gasteiger partial charge in [0.05, 0.1) is 12.3 Å². The fourth-order valence-electron chi connectivity index (χ4n) is 2.68. The van der Waals surface area contributed by atoms with Crippen LogP contribution in [0.2, 0.25) is 0 Å². The van der Waals surface area contributed by atoms with Gasteiger partial charge in [-0.2, -0.15) is 0 Å². The molecule has 21 heavy (non-hydrogen) atoms. The average Bonchev–Trinajstić information content (AvgIpc) is 2.78. The lowest BCUT2D eigenvalue weighted by molar-refractivity contribution is 0.0203. The first-order chi connectivity index (χ1) is 9.81. The second-order valence-electron chi connectivity index (χ2n) is 6.44. The van der Waals surface area contributed by atoms with Gasteiger partial charge in [0.15, 0.2) is 0 Å². The number of carbonyl (C=O) groups excluding carboxylic acids is 1. The highest BCUT2D eigenvalue weighted by molar-refractivity contribution is 5.68. The predicted molar refractivity (Wildman–Crippen MR) is 76.7 cm³/mol. The van der Waals surface area contributed by atoms with Gasteiger partial charge in [-0.1, -0.05) is 5.21 Å². The minimum Gasteiger partial charge on any atom is -0.444 e. The van der Waals surface area contributed by atoms with Crippen LogP contribution in [0.4, 0.5) is 4.79 Å². The molecule has 1 saturated heterocycles. The Hall–Kier alpha value is -1.63. The molecule has 2 rings (SSSR count). The van der Waals surface area contributed by atoms with Crippen molar-refractivity contribution in [3.63, 3.8) is 0 Å². The summed E-state index contributed by atoms with van der Waals surface area (Å²) in [5.74, 6) is 0.269. The Morgan fingerprint density at radius 1 is 1.38 bits per heavy atom. The van der Waals surface area contributed by atoms with Crippen LogP contribution in [0.3, 0.4) is 0 Å². The van der Waals surface area contributed by atoms with Crippen LogP contribution in [0.5, 0.6) is 0 Å². The second kappa shape index (κ2) is 6.01. The number of amides is 1. The SMILES string of the molecule is Cn1nnc(CO)c1C1CCN(C(=O)OC(C)(C)C)CC1. The monoisotopic (exact) mass is 296 g/mol. The molecule has 1 aromatic heterocycles. The number of rotatable bonds is 2. The predicted octanol–water partition coefficient (Wildman–Crippen LogP) is 1.42. The summed E-state index contributed by atoms with van der Waals surface area (Å²) in [6.45, 7) is 6.80. The number of carbonyl (C=O) groups is 1. The molecule has 0 aromatic carbocycles. The van der Waals surface area contributed by atoms with Gasteiger partial charge in [0.1, 0.15) is 11.3 Å². The Morgan fingerprint density at radius 2 is 2.00 bits per heavy atom. The third kappa shape index (κ3) is 3.72. The Kier molecular flexibility index (Phi) is 4.51. The van der Waals surface area contributed by atoms with Crippen LogP contribution < -0.4 is 0 Å². The van der Waals surface area contributed by atoms with Crippen molar-refractivity contribution in [2.24, 2.45) is 7.05 Å². The number of aromatic nitrogens is 3. The quantitative estimate of drug-likeness (QED) is 0.892. The molecule has 0 radical (unpaired) electrons. The maximum atomic E-state index is 12.0. The first kappa shape index (κ1) is 15.8. The highest BCUT2D eigenvalue weighted by Crippen LogP contribution is 2.29. The molecule has 0 atom stereocenters. The molecule has 0 unspecified atom stereocenters. The Bertz CT molecular complexity index is 499. The summed E-state index contributed by atoms with van der Waals surface area (Å²) in [6.07, 6.45) is 1.40. The molecule has 0 spiro atoms. The van der Waals surface area contributed by atoms with E-state index in [2.05, 4.69) is 10.3 Å². The smallest absolute Gasteiger partial charge is 0.410 e. The number of nitrogens with zero attached hydrogens (tertiary/aromatic N) is 4. The Morgan fingerprint density at radius 3 is 2.52 bits per heavy atom. The van der Waals surface area contributed by atoms with E-state index in [0.29, 0.717) is 18.8 Å². The fourth-order valence-corrected chi connectivity index (χ4v) is 2.68. The van der Waals surface area contributed by atoms with Crippen molar-refractivity contribution in [2.75, 3.05) is 13.1 Å². The number of aliphatic hydroxyl groups excluding tert-OH is 1. The molecule has 1 aromatic rings. The molecule has 2 heterocycles. The standard InChI is InChI=1S/C14H24N4O3/c1-14(2,3)21-13(20)18-7-5-10(6-8-18)12-11(9-19)15-16-17(12)4/h10,19H,5-9H2,1-4H3. The van der Waals surface area contributed by atoms with Gasteiger partial charge in [-0.15, -0.1) is 5.10 Å². The van der Waals surface area contributed by atoms with Crippen molar-refractivity contribution in [3.8, 4) is 0 Å². The van der Waals surface area contributed by atoms with E-state index in [4.69, 9.17) is 4.74 Å². The van der Waals surface area contributed by atoms with E-state index in [1.54, 1.807) is 9.58 Å². The van der Waals surface area contributed by atoms with Crippen LogP contribution in [0.25, 0.3) is 0 Å². The Labute approximate surface area is 124 Å². The van der Waals surface area contributed by atoms with Gasteiger partial charge in [-0.05, 0) is 33.6 Å². The highest BCUT2D eigenvalue weighted by Gasteiger charge is 2.30. The van der Waals surface area contributed by atoms with Crippen LogP contribution in [0.1, 0.15) is 50.9 Å². The number of piperidine rings is 1. The van der Waals surface area contributed by atoms with Crippen molar-refractivity contribution in [3.05, 3.63) is 11.4 Å². The number of hydrogen-bond donors (Lipinski definition) is 1. The normalized spacial score (nSPS) is 17.1. The summed E-state index contributed by atoms with van der Waals surface area (Å²) in [4.78, 5) is 13.8. The van der Waals surface area contributed by atoms with E-state index in [1.807, 2.05) is 27.8 Å². The van der Waals surface area contributed by atoms with E-state index in [9.17, 15) is 9.90 Å². The third-order valence-corrected chi connectivity index (χ3v) is 3.63. The maximum absolute atomic E-state index is 12.0. The molecular weight excluding hydrogens is 272 g/mol. The number of aliphatic hydroxyl groups is 1.